The van der Waals surface area contributed by atoms with Gasteiger partial charge in [0.2, 0.25) is 0 Å². The smallest absolute Gasteiger partial charge is 0.286 e. The molecule has 2 rings (SSSR count). The van der Waals surface area contributed by atoms with Crippen molar-refractivity contribution in [3.8, 4) is 11.5 Å². The highest BCUT2D eigenvalue weighted by molar-refractivity contribution is 6.07. The molecule has 0 saturated heterocycles. The largest absolute Gasteiger partial charge is 0.493 e. The molecule has 0 aliphatic rings. The van der Waals surface area contributed by atoms with E-state index in [-0.39, 0.29) is 29.4 Å². The molecule has 0 aromatic heterocycles. The van der Waals surface area contributed by atoms with Crippen LogP contribution in [0, 0.1) is 21.7 Å². The Morgan fingerprint density at radius 3 is 2.48 bits per heavy atom. The van der Waals surface area contributed by atoms with Gasteiger partial charge in [0, 0.05) is 17.8 Å². The van der Waals surface area contributed by atoms with E-state index in [0.717, 1.165) is 30.3 Å². The maximum Gasteiger partial charge on any atom is 0.286 e. The lowest BCUT2D eigenvalue weighted by Gasteiger charge is -2.12. The Morgan fingerprint density at radius 1 is 1.20 bits per heavy atom. The molecular weight excluding hydrogens is 338 g/mol. The Balaban J connectivity index is 2.44. The highest BCUT2D eigenvalue weighted by Crippen LogP contribution is 2.35. The number of carbonyl (C=O) groups excluding carboxylic acids is 1. The van der Waals surface area contributed by atoms with Crippen molar-refractivity contribution in [2.45, 2.75) is 6.92 Å². The molecule has 25 heavy (non-hydrogen) atoms. The molecule has 2 aromatic carbocycles. The predicted molar refractivity (Wildman–Crippen MR) is 85.1 cm³/mol. The topological polar surface area (TPSA) is 90.7 Å². The fourth-order valence-electron chi connectivity index (χ4n) is 2.08. The SMILES string of the molecule is CCOc1cc(C(=O)Nc2ccc(F)c(F)c2)c([N+](=O)[O-])cc1OC. The van der Waals surface area contributed by atoms with Crippen molar-refractivity contribution in [2.75, 3.05) is 19.0 Å². The van der Waals surface area contributed by atoms with Gasteiger partial charge in [-0.2, -0.15) is 0 Å². The second-order valence-electron chi connectivity index (χ2n) is 4.79. The fraction of sp³-hybridized carbons (Fsp3) is 0.188. The molecule has 0 aliphatic heterocycles. The molecule has 2 aromatic rings. The molecule has 9 heteroatoms. The van der Waals surface area contributed by atoms with Crippen LogP contribution in [-0.2, 0) is 0 Å². The number of halogens is 2. The summed E-state index contributed by atoms with van der Waals surface area (Å²) in [6.45, 7) is 1.94. The Bertz CT molecular complexity index is 826. The summed E-state index contributed by atoms with van der Waals surface area (Å²) >= 11 is 0. The van der Waals surface area contributed by atoms with E-state index in [1.54, 1.807) is 6.92 Å². The van der Waals surface area contributed by atoms with Crippen molar-refractivity contribution >= 4 is 17.3 Å². The molecule has 0 heterocycles. The van der Waals surface area contributed by atoms with Crippen LogP contribution in [0.3, 0.4) is 0 Å². The maximum atomic E-state index is 13.2. The Morgan fingerprint density at radius 2 is 1.92 bits per heavy atom. The first-order chi connectivity index (χ1) is 11.9. The standard InChI is InChI=1S/C16H14F2N2O5/c1-3-25-15-7-10(13(20(22)23)8-14(15)24-2)16(21)19-9-4-5-11(17)12(18)6-9/h4-8H,3H2,1-2H3,(H,19,21). The van der Waals surface area contributed by atoms with Gasteiger partial charge in [0.15, 0.2) is 23.1 Å². The zero-order valence-corrected chi connectivity index (χ0v) is 13.3. The van der Waals surface area contributed by atoms with Crippen LogP contribution in [0.1, 0.15) is 17.3 Å². The number of rotatable bonds is 6. The van der Waals surface area contributed by atoms with Crippen molar-refractivity contribution < 1.29 is 28.0 Å². The summed E-state index contributed by atoms with van der Waals surface area (Å²) in [7, 11) is 1.31. The minimum Gasteiger partial charge on any atom is -0.493 e. The van der Waals surface area contributed by atoms with Crippen LogP contribution >= 0.6 is 0 Å². The molecule has 132 valence electrons. The van der Waals surface area contributed by atoms with Crippen LogP contribution in [0.4, 0.5) is 20.2 Å². The summed E-state index contributed by atoms with van der Waals surface area (Å²) in [6.07, 6.45) is 0. The van der Waals surface area contributed by atoms with E-state index in [0.29, 0.717) is 0 Å². The average molecular weight is 352 g/mol. The molecule has 0 bridgehead atoms. The molecule has 0 saturated carbocycles. The lowest BCUT2D eigenvalue weighted by atomic mass is 10.1. The van der Waals surface area contributed by atoms with Crippen molar-refractivity contribution in [3.63, 3.8) is 0 Å². The molecule has 1 amide bonds. The molecule has 0 spiro atoms. The Hall–Kier alpha value is -3.23. The zero-order chi connectivity index (χ0) is 18.6. The maximum absolute atomic E-state index is 13.2. The number of benzene rings is 2. The third-order valence-corrected chi connectivity index (χ3v) is 3.20. The van der Waals surface area contributed by atoms with Gasteiger partial charge in [-0.25, -0.2) is 8.78 Å². The minimum absolute atomic E-state index is 0.0491. The van der Waals surface area contributed by atoms with Gasteiger partial charge in [-0.1, -0.05) is 0 Å². The van der Waals surface area contributed by atoms with E-state index in [9.17, 15) is 23.7 Å². The van der Waals surface area contributed by atoms with Gasteiger partial charge in [-0.3, -0.25) is 14.9 Å². The first-order valence-corrected chi connectivity index (χ1v) is 7.13. The molecule has 0 unspecified atom stereocenters. The second-order valence-corrected chi connectivity index (χ2v) is 4.79. The molecule has 7 nitrogen and oxygen atoms in total. The number of amides is 1. The first-order valence-electron chi connectivity index (χ1n) is 7.13. The molecule has 0 radical (unpaired) electrons. The van der Waals surface area contributed by atoms with E-state index < -0.39 is 28.2 Å². The van der Waals surface area contributed by atoms with Crippen LogP contribution in [0.15, 0.2) is 30.3 Å². The Labute approximate surface area is 141 Å². The van der Waals surface area contributed by atoms with Crippen molar-refractivity contribution in [2.24, 2.45) is 0 Å². The highest BCUT2D eigenvalue weighted by Gasteiger charge is 2.25. The Kier molecular flexibility index (Phi) is 5.48. The summed E-state index contributed by atoms with van der Waals surface area (Å²) in [6, 6.07) is 4.96. The normalized spacial score (nSPS) is 10.2. The van der Waals surface area contributed by atoms with Gasteiger partial charge < -0.3 is 14.8 Å². The minimum atomic E-state index is -1.16. The summed E-state index contributed by atoms with van der Waals surface area (Å²) in [5, 5.41) is 13.5. The van der Waals surface area contributed by atoms with Gasteiger partial charge in [-0.05, 0) is 19.1 Å². The number of hydrogen-bond donors (Lipinski definition) is 1. The summed E-state index contributed by atoms with van der Waals surface area (Å²) in [5.41, 5.74) is -0.869. The molecular formula is C16H14F2N2O5. The van der Waals surface area contributed by atoms with Crippen LogP contribution in [0.25, 0.3) is 0 Å². The number of methoxy groups -OCH3 is 1. The van der Waals surface area contributed by atoms with E-state index in [4.69, 9.17) is 9.47 Å². The van der Waals surface area contributed by atoms with Crippen LogP contribution in [0.5, 0.6) is 11.5 Å². The quantitative estimate of drug-likeness (QED) is 0.634. The number of hydrogen-bond acceptors (Lipinski definition) is 5. The van der Waals surface area contributed by atoms with Crippen LogP contribution in [-0.4, -0.2) is 24.5 Å². The lowest BCUT2D eigenvalue weighted by molar-refractivity contribution is -0.385. The fourth-order valence-corrected chi connectivity index (χ4v) is 2.08. The van der Waals surface area contributed by atoms with Gasteiger partial charge in [0.25, 0.3) is 11.6 Å². The number of ether oxygens (including phenoxy) is 2. The third kappa shape index (κ3) is 4.00. The lowest BCUT2D eigenvalue weighted by Crippen LogP contribution is -2.15. The predicted octanol–water partition coefficient (Wildman–Crippen LogP) is 3.53. The van der Waals surface area contributed by atoms with Gasteiger partial charge >= 0.3 is 0 Å². The molecule has 0 fully saturated rings. The highest BCUT2D eigenvalue weighted by atomic mass is 19.2. The third-order valence-electron chi connectivity index (χ3n) is 3.20. The number of nitrogens with one attached hydrogen (secondary N) is 1. The molecule has 0 atom stereocenters. The monoisotopic (exact) mass is 352 g/mol. The number of nitro benzene ring substituents is 1. The van der Waals surface area contributed by atoms with Crippen molar-refractivity contribution in [1.82, 2.24) is 0 Å². The van der Waals surface area contributed by atoms with E-state index >= 15 is 0 Å². The average Bonchev–Trinajstić information content (AvgIpc) is 2.57. The van der Waals surface area contributed by atoms with Crippen molar-refractivity contribution in [3.05, 3.63) is 57.6 Å². The van der Waals surface area contributed by atoms with Crippen LogP contribution in [0.2, 0.25) is 0 Å². The second kappa shape index (κ2) is 7.56. The van der Waals surface area contributed by atoms with Crippen molar-refractivity contribution in [1.29, 1.82) is 0 Å². The summed E-state index contributed by atoms with van der Waals surface area (Å²) in [5.74, 6) is -2.87. The number of carbonyl (C=O) groups is 1. The molecule has 1 N–H and O–H groups in total. The first kappa shape index (κ1) is 18.1. The molecule has 0 aliphatic carbocycles. The summed E-state index contributed by atoms with van der Waals surface area (Å²) < 4.78 is 36.5. The van der Waals surface area contributed by atoms with E-state index in [1.807, 2.05) is 0 Å². The van der Waals surface area contributed by atoms with E-state index in [2.05, 4.69) is 5.32 Å². The zero-order valence-electron chi connectivity index (χ0n) is 13.3. The van der Waals surface area contributed by atoms with E-state index in [1.165, 1.54) is 7.11 Å². The van der Waals surface area contributed by atoms with Gasteiger partial charge in [0.1, 0.15) is 5.56 Å². The summed E-state index contributed by atoms with van der Waals surface area (Å²) in [4.78, 5) is 22.8. The van der Waals surface area contributed by atoms with Gasteiger partial charge in [-0.15, -0.1) is 0 Å². The van der Waals surface area contributed by atoms with Crippen LogP contribution < -0.4 is 14.8 Å². The number of nitrogens with zero attached hydrogens (tertiary/aromatic N) is 1. The number of anilines is 1. The number of nitro groups is 1. The van der Waals surface area contributed by atoms with Gasteiger partial charge in [0.05, 0.1) is 24.7 Å².